The molecule has 9 heteroatoms. The third-order valence-corrected chi connectivity index (χ3v) is 5.13. The lowest BCUT2D eigenvalue weighted by Crippen LogP contribution is -2.43. The first-order chi connectivity index (χ1) is 12.2. The number of carboxylic acid groups (broad SMARTS) is 1. The normalized spacial score (nSPS) is 25.6. The minimum Gasteiger partial charge on any atom is -0.465 e. The molecule has 1 aliphatic carbocycles. The quantitative estimate of drug-likeness (QED) is 0.704. The predicted octanol–water partition coefficient (Wildman–Crippen LogP) is 2.68. The molecule has 0 bridgehead atoms. The SMILES string of the molecule is CN(C)CC1(F)CC(C(=O)Nc2nc(Br)ccc2C2CC2)N(C(=O)O)C1. The molecular formula is C17H22BrFN4O3. The van der Waals surface area contributed by atoms with Crippen molar-refractivity contribution < 1.29 is 19.1 Å². The van der Waals surface area contributed by atoms with Gasteiger partial charge in [0.25, 0.3) is 0 Å². The molecule has 2 aliphatic rings. The second-order valence-electron chi connectivity index (χ2n) is 7.35. The van der Waals surface area contributed by atoms with Gasteiger partial charge in [-0.3, -0.25) is 9.69 Å². The van der Waals surface area contributed by atoms with Crippen molar-refractivity contribution in [3.63, 3.8) is 0 Å². The van der Waals surface area contributed by atoms with Gasteiger partial charge in [0, 0.05) is 13.0 Å². The summed E-state index contributed by atoms with van der Waals surface area (Å²) >= 11 is 3.29. The van der Waals surface area contributed by atoms with Gasteiger partial charge in [-0.25, -0.2) is 14.2 Å². The van der Waals surface area contributed by atoms with Crippen LogP contribution in [-0.4, -0.2) is 70.8 Å². The van der Waals surface area contributed by atoms with Gasteiger partial charge >= 0.3 is 6.09 Å². The van der Waals surface area contributed by atoms with E-state index in [1.54, 1.807) is 19.0 Å². The molecule has 142 valence electrons. The lowest BCUT2D eigenvalue weighted by Gasteiger charge is -2.23. The smallest absolute Gasteiger partial charge is 0.408 e. The number of halogens is 2. The lowest BCUT2D eigenvalue weighted by molar-refractivity contribution is -0.120. The molecule has 3 rings (SSSR count). The maximum atomic E-state index is 15.1. The second kappa shape index (κ2) is 7.11. The van der Waals surface area contributed by atoms with Crippen molar-refractivity contribution in [1.82, 2.24) is 14.8 Å². The van der Waals surface area contributed by atoms with Crippen molar-refractivity contribution in [2.75, 3.05) is 32.5 Å². The summed E-state index contributed by atoms with van der Waals surface area (Å²) in [4.78, 5) is 31.1. The van der Waals surface area contributed by atoms with E-state index in [1.165, 1.54) is 0 Å². The number of carbonyl (C=O) groups is 2. The van der Waals surface area contributed by atoms with E-state index < -0.39 is 23.7 Å². The maximum Gasteiger partial charge on any atom is 0.408 e. The molecule has 2 N–H and O–H groups in total. The van der Waals surface area contributed by atoms with E-state index in [0.717, 1.165) is 23.3 Å². The third-order valence-electron chi connectivity index (χ3n) is 4.69. The highest BCUT2D eigenvalue weighted by Crippen LogP contribution is 2.43. The van der Waals surface area contributed by atoms with Crippen LogP contribution in [0, 0.1) is 0 Å². The Morgan fingerprint density at radius 2 is 2.15 bits per heavy atom. The molecule has 1 saturated heterocycles. The summed E-state index contributed by atoms with van der Waals surface area (Å²) in [6, 6.07) is 2.64. The molecule has 2 atom stereocenters. The lowest BCUT2D eigenvalue weighted by atomic mass is 10.0. The van der Waals surface area contributed by atoms with Crippen LogP contribution in [-0.2, 0) is 4.79 Å². The zero-order valence-electron chi connectivity index (χ0n) is 14.7. The summed E-state index contributed by atoms with van der Waals surface area (Å²) < 4.78 is 15.6. The van der Waals surface area contributed by atoms with Crippen LogP contribution < -0.4 is 5.32 Å². The van der Waals surface area contributed by atoms with Gasteiger partial charge < -0.3 is 15.3 Å². The fraction of sp³-hybridized carbons (Fsp3) is 0.588. The molecule has 1 aromatic heterocycles. The fourth-order valence-electron chi connectivity index (χ4n) is 3.52. The number of nitrogens with zero attached hydrogens (tertiary/aromatic N) is 3. The zero-order valence-corrected chi connectivity index (χ0v) is 16.3. The Morgan fingerprint density at radius 3 is 2.73 bits per heavy atom. The molecule has 2 amide bonds. The molecule has 1 saturated carbocycles. The number of aromatic nitrogens is 1. The monoisotopic (exact) mass is 428 g/mol. The summed E-state index contributed by atoms with van der Waals surface area (Å²) in [6.07, 6.45) is 0.601. The Labute approximate surface area is 159 Å². The number of rotatable bonds is 5. The van der Waals surface area contributed by atoms with E-state index >= 15 is 4.39 Å². The maximum absolute atomic E-state index is 15.1. The largest absolute Gasteiger partial charge is 0.465 e. The van der Waals surface area contributed by atoms with Crippen molar-refractivity contribution in [3.05, 3.63) is 22.3 Å². The van der Waals surface area contributed by atoms with Crippen molar-refractivity contribution in [1.29, 1.82) is 0 Å². The Morgan fingerprint density at radius 1 is 1.46 bits per heavy atom. The van der Waals surface area contributed by atoms with E-state index in [4.69, 9.17) is 0 Å². The number of nitrogens with one attached hydrogen (secondary N) is 1. The molecule has 7 nitrogen and oxygen atoms in total. The highest BCUT2D eigenvalue weighted by Gasteiger charge is 2.50. The Hall–Kier alpha value is -1.74. The van der Waals surface area contributed by atoms with Crippen molar-refractivity contribution in [2.24, 2.45) is 0 Å². The molecule has 0 spiro atoms. The average Bonchev–Trinajstić information content (AvgIpc) is 3.29. The Bertz CT molecular complexity index is 728. The molecule has 1 aliphatic heterocycles. The average molecular weight is 429 g/mol. The van der Waals surface area contributed by atoms with Gasteiger partial charge in [0.05, 0.1) is 6.54 Å². The summed E-state index contributed by atoms with van der Waals surface area (Å²) in [5.74, 6) is 0.235. The van der Waals surface area contributed by atoms with Gasteiger partial charge in [-0.1, -0.05) is 6.07 Å². The van der Waals surface area contributed by atoms with Crippen LogP contribution in [0.15, 0.2) is 16.7 Å². The van der Waals surface area contributed by atoms with Crippen LogP contribution >= 0.6 is 15.9 Å². The van der Waals surface area contributed by atoms with Gasteiger partial charge in [-0.05, 0) is 60.4 Å². The first-order valence-corrected chi connectivity index (χ1v) is 9.28. The van der Waals surface area contributed by atoms with Crippen LogP contribution in [0.4, 0.5) is 15.0 Å². The number of hydrogen-bond donors (Lipinski definition) is 2. The van der Waals surface area contributed by atoms with Gasteiger partial charge in [0.1, 0.15) is 22.1 Å². The summed E-state index contributed by atoms with van der Waals surface area (Å²) in [6.45, 7) is -0.261. The number of likely N-dealkylation sites (tertiary alicyclic amines) is 1. The zero-order chi connectivity index (χ0) is 19.1. The minimum absolute atomic E-state index is 0.0586. The highest BCUT2D eigenvalue weighted by atomic mass is 79.9. The molecule has 1 aromatic rings. The summed E-state index contributed by atoms with van der Waals surface area (Å²) in [7, 11) is 3.43. The fourth-order valence-corrected chi connectivity index (χ4v) is 3.83. The minimum atomic E-state index is -1.76. The van der Waals surface area contributed by atoms with Crippen LogP contribution in [0.2, 0.25) is 0 Å². The number of carbonyl (C=O) groups excluding carboxylic acids is 1. The van der Waals surface area contributed by atoms with Gasteiger partial charge in [-0.15, -0.1) is 0 Å². The van der Waals surface area contributed by atoms with E-state index in [1.807, 2.05) is 12.1 Å². The van der Waals surface area contributed by atoms with Crippen LogP contribution in [0.3, 0.4) is 0 Å². The Kier molecular flexibility index (Phi) is 5.21. The van der Waals surface area contributed by atoms with E-state index in [-0.39, 0.29) is 19.5 Å². The van der Waals surface area contributed by atoms with Crippen molar-refractivity contribution >= 4 is 33.7 Å². The molecule has 26 heavy (non-hydrogen) atoms. The third kappa shape index (κ3) is 4.15. The molecule has 2 fully saturated rings. The standard InChI is InChI=1S/C17H22BrFN4O3/c1-22(2)8-17(19)7-12(23(9-17)16(25)26)15(24)21-14-11(10-3-4-10)5-6-13(18)20-14/h5-6,10,12H,3-4,7-9H2,1-2H3,(H,25,26)(H,20,21,24). The molecule has 0 radical (unpaired) electrons. The Balaban J connectivity index is 1.80. The molecular weight excluding hydrogens is 407 g/mol. The number of hydrogen-bond acceptors (Lipinski definition) is 4. The molecule has 2 heterocycles. The van der Waals surface area contributed by atoms with Crippen molar-refractivity contribution in [2.45, 2.75) is 36.9 Å². The van der Waals surface area contributed by atoms with Crippen LogP contribution in [0.5, 0.6) is 0 Å². The predicted molar refractivity (Wildman–Crippen MR) is 98.1 cm³/mol. The number of pyridine rings is 1. The number of alkyl halides is 1. The second-order valence-corrected chi connectivity index (χ2v) is 8.17. The topological polar surface area (TPSA) is 85.8 Å². The first kappa shape index (κ1) is 19.0. The van der Waals surface area contributed by atoms with Crippen LogP contribution in [0.25, 0.3) is 0 Å². The van der Waals surface area contributed by atoms with Gasteiger partial charge in [-0.2, -0.15) is 0 Å². The highest BCUT2D eigenvalue weighted by molar-refractivity contribution is 9.10. The van der Waals surface area contributed by atoms with E-state index in [9.17, 15) is 14.7 Å². The first-order valence-electron chi connectivity index (χ1n) is 8.49. The summed E-state index contributed by atoms with van der Waals surface area (Å²) in [5, 5.41) is 12.1. The van der Waals surface area contributed by atoms with E-state index in [2.05, 4.69) is 26.2 Å². The number of anilines is 1. The van der Waals surface area contributed by atoms with Gasteiger partial charge in [0.15, 0.2) is 0 Å². The number of amides is 2. The molecule has 0 aromatic carbocycles. The molecule has 2 unspecified atom stereocenters. The summed E-state index contributed by atoms with van der Waals surface area (Å²) in [5.41, 5.74) is -0.824. The van der Waals surface area contributed by atoms with Crippen molar-refractivity contribution in [3.8, 4) is 0 Å². The van der Waals surface area contributed by atoms with Gasteiger partial charge in [0.2, 0.25) is 5.91 Å². The van der Waals surface area contributed by atoms with E-state index in [0.29, 0.717) is 16.3 Å². The van der Waals surface area contributed by atoms with Crippen LogP contribution in [0.1, 0.15) is 30.7 Å².